The highest BCUT2D eigenvalue weighted by atomic mass is 79.9. The number of nitrogens with zero attached hydrogens (tertiary/aromatic N) is 2. The van der Waals surface area contributed by atoms with Crippen molar-refractivity contribution in [3.63, 3.8) is 0 Å². The van der Waals surface area contributed by atoms with E-state index in [2.05, 4.69) is 25.8 Å². The molecule has 0 spiro atoms. The van der Waals surface area contributed by atoms with Crippen molar-refractivity contribution in [3.8, 4) is 0 Å². The second-order valence-corrected chi connectivity index (χ2v) is 5.76. The maximum Gasteiger partial charge on any atom is 0.143 e. The molecule has 0 amide bonds. The van der Waals surface area contributed by atoms with E-state index in [4.69, 9.17) is 5.73 Å². The Hall–Kier alpha value is -0.770. The molecule has 0 radical (unpaired) electrons. The Labute approximate surface area is 104 Å². The molecular weight excluding hydrogens is 266 g/mol. The van der Waals surface area contributed by atoms with Gasteiger partial charge in [-0.05, 0) is 53.6 Å². The van der Waals surface area contributed by atoms with Crippen LogP contribution in [0.15, 0.2) is 16.7 Å². The maximum atomic E-state index is 5.72. The number of hydrogen-bond donors (Lipinski definition) is 1. The first-order valence-corrected chi connectivity index (χ1v) is 6.71. The summed E-state index contributed by atoms with van der Waals surface area (Å²) in [6, 6.07) is 2.66. The monoisotopic (exact) mass is 281 g/mol. The minimum Gasteiger partial charge on any atom is -0.397 e. The van der Waals surface area contributed by atoms with Crippen LogP contribution in [0.4, 0.5) is 11.5 Å². The predicted octanol–water partition coefficient (Wildman–Crippen LogP) is 2.81. The Morgan fingerprint density at radius 3 is 2.69 bits per heavy atom. The largest absolute Gasteiger partial charge is 0.397 e. The van der Waals surface area contributed by atoms with Crippen molar-refractivity contribution in [1.82, 2.24) is 4.98 Å². The van der Waals surface area contributed by atoms with Gasteiger partial charge in [0.15, 0.2) is 0 Å². The van der Waals surface area contributed by atoms with E-state index in [0.717, 1.165) is 21.9 Å². The van der Waals surface area contributed by atoms with Crippen LogP contribution in [-0.4, -0.2) is 17.6 Å². The molecule has 1 aromatic heterocycles. The van der Waals surface area contributed by atoms with Crippen molar-refractivity contribution in [1.29, 1.82) is 0 Å². The van der Waals surface area contributed by atoms with Gasteiger partial charge in [0.05, 0.1) is 16.4 Å². The molecule has 3 rings (SSSR count). The summed E-state index contributed by atoms with van der Waals surface area (Å²) in [5, 5.41) is 0. The zero-order chi connectivity index (χ0) is 11.1. The van der Waals surface area contributed by atoms with Crippen molar-refractivity contribution in [3.05, 3.63) is 16.7 Å². The number of nitrogens with two attached hydrogens (primary N) is 1. The molecule has 2 N–H and O–H groups in total. The highest BCUT2D eigenvalue weighted by Gasteiger charge is 2.35. The molecule has 2 fully saturated rings. The fraction of sp³-hybridized carbons (Fsp3) is 0.583. The van der Waals surface area contributed by atoms with E-state index in [9.17, 15) is 0 Å². The molecule has 0 atom stereocenters. The van der Waals surface area contributed by atoms with Gasteiger partial charge >= 0.3 is 0 Å². The zero-order valence-corrected chi connectivity index (χ0v) is 10.8. The lowest BCUT2D eigenvalue weighted by Crippen LogP contribution is -2.29. The second kappa shape index (κ2) is 3.91. The third kappa shape index (κ3) is 2.17. The number of halogens is 1. The second-order valence-electron chi connectivity index (χ2n) is 4.90. The van der Waals surface area contributed by atoms with Gasteiger partial charge < -0.3 is 10.6 Å². The number of aromatic nitrogens is 1. The van der Waals surface area contributed by atoms with Gasteiger partial charge in [-0.1, -0.05) is 0 Å². The minimum atomic E-state index is 0.716. The molecule has 16 heavy (non-hydrogen) atoms. The number of nitrogen functional groups attached to an aromatic ring is 1. The number of rotatable bonds is 4. The fourth-order valence-corrected chi connectivity index (χ4v) is 2.62. The maximum absolute atomic E-state index is 5.72. The smallest absolute Gasteiger partial charge is 0.143 e. The summed E-state index contributed by atoms with van der Waals surface area (Å²) < 4.78 is 1.03. The first kappa shape index (κ1) is 10.4. The minimum absolute atomic E-state index is 0.716. The average molecular weight is 282 g/mol. The summed E-state index contributed by atoms with van der Waals surface area (Å²) in [7, 11) is 0. The standard InChI is InChI=1S/C12H16BrN3/c13-11-5-9(14)6-15-12(11)16(10-3-4-10)7-8-1-2-8/h5-6,8,10H,1-4,7,14H2. The van der Waals surface area contributed by atoms with Gasteiger partial charge in [0, 0.05) is 12.6 Å². The average Bonchev–Trinajstić information content (AvgIpc) is 3.11. The highest BCUT2D eigenvalue weighted by Crippen LogP contribution is 2.39. The zero-order valence-electron chi connectivity index (χ0n) is 9.19. The third-order valence-electron chi connectivity index (χ3n) is 3.25. The first-order chi connectivity index (χ1) is 7.74. The summed E-state index contributed by atoms with van der Waals surface area (Å²) in [5.41, 5.74) is 6.44. The van der Waals surface area contributed by atoms with Gasteiger partial charge in [0.25, 0.3) is 0 Å². The molecular formula is C12H16BrN3. The Balaban J connectivity index is 1.85. The molecule has 4 heteroatoms. The molecule has 1 heterocycles. The summed E-state index contributed by atoms with van der Waals surface area (Å²) in [5.74, 6) is 1.97. The van der Waals surface area contributed by atoms with Crippen LogP contribution in [0.1, 0.15) is 25.7 Å². The van der Waals surface area contributed by atoms with Gasteiger partial charge in [-0.2, -0.15) is 0 Å². The van der Waals surface area contributed by atoms with Crippen LogP contribution in [0, 0.1) is 5.92 Å². The van der Waals surface area contributed by atoms with Gasteiger partial charge in [-0.25, -0.2) is 4.98 Å². The molecule has 0 unspecified atom stereocenters. The Bertz CT molecular complexity index is 399. The van der Waals surface area contributed by atoms with E-state index in [1.807, 2.05) is 6.07 Å². The van der Waals surface area contributed by atoms with Crippen molar-refractivity contribution < 1.29 is 0 Å². The van der Waals surface area contributed by atoms with Crippen LogP contribution >= 0.6 is 15.9 Å². The van der Waals surface area contributed by atoms with Gasteiger partial charge in [0.1, 0.15) is 5.82 Å². The molecule has 0 bridgehead atoms. The number of anilines is 2. The van der Waals surface area contributed by atoms with Crippen molar-refractivity contribution in [2.24, 2.45) is 5.92 Å². The van der Waals surface area contributed by atoms with E-state index < -0.39 is 0 Å². The normalized spacial score (nSPS) is 19.8. The quantitative estimate of drug-likeness (QED) is 0.923. The third-order valence-corrected chi connectivity index (χ3v) is 3.84. The van der Waals surface area contributed by atoms with E-state index in [1.165, 1.54) is 32.2 Å². The van der Waals surface area contributed by atoms with Gasteiger partial charge in [-0.15, -0.1) is 0 Å². The Kier molecular flexibility index (Phi) is 2.54. The molecule has 3 nitrogen and oxygen atoms in total. The van der Waals surface area contributed by atoms with Crippen LogP contribution < -0.4 is 10.6 Å². The molecule has 86 valence electrons. The summed E-state index contributed by atoms with van der Waals surface area (Å²) in [4.78, 5) is 6.93. The molecule has 2 saturated carbocycles. The Morgan fingerprint density at radius 1 is 1.38 bits per heavy atom. The van der Waals surface area contributed by atoms with E-state index in [0.29, 0.717) is 6.04 Å². The molecule has 0 saturated heterocycles. The highest BCUT2D eigenvalue weighted by molar-refractivity contribution is 9.10. The van der Waals surface area contributed by atoms with E-state index in [1.54, 1.807) is 6.20 Å². The lowest BCUT2D eigenvalue weighted by Gasteiger charge is -2.24. The summed E-state index contributed by atoms with van der Waals surface area (Å²) in [6.07, 6.45) is 7.14. The molecule has 2 aliphatic carbocycles. The van der Waals surface area contributed by atoms with Crippen molar-refractivity contribution >= 4 is 27.4 Å². The molecule has 0 aliphatic heterocycles. The lowest BCUT2D eigenvalue weighted by molar-refractivity contribution is 0.707. The van der Waals surface area contributed by atoms with Gasteiger partial charge in [0.2, 0.25) is 0 Å². The number of pyridine rings is 1. The summed E-state index contributed by atoms with van der Waals surface area (Å²) >= 11 is 3.57. The van der Waals surface area contributed by atoms with E-state index >= 15 is 0 Å². The predicted molar refractivity (Wildman–Crippen MR) is 69.4 cm³/mol. The Morgan fingerprint density at radius 2 is 2.12 bits per heavy atom. The van der Waals surface area contributed by atoms with Crippen molar-refractivity contribution in [2.75, 3.05) is 17.2 Å². The molecule has 1 aromatic rings. The number of hydrogen-bond acceptors (Lipinski definition) is 3. The topological polar surface area (TPSA) is 42.1 Å². The fourth-order valence-electron chi connectivity index (χ4n) is 2.03. The van der Waals surface area contributed by atoms with Crippen molar-refractivity contribution in [2.45, 2.75) is 31.7 Å². The van der Waals surface area contributed by atoms with Crippen LogP contribution in [0.25, 0.3) is 0 Å². The SMILES string of the molecule is Nc1cnc(N(CC2CC2)C2CC2)c(Br)c1. The van der Waals surface area contributed by atoms with Crippen LogP contribution in [-0.2, 0) is 0 Å². The molecule has 0 aromatic carbocycles. The van der Waals surface area contributed by atoms with E-state index in [-0.39, 0.29) is 0 Å². The first-order valence-electron chi connectivity index (χ1n) is 5.91. The van der Waals surface area contributed by atoms with Gasteiger partial charge in [-0.3, -0.25) is 0 Å². The van der Waals surface area contributed by atoms with Crippen LogP contribution in [0.5, 0.6) is 0 Å². The van der Waals surface area contributed by atoms with Crippen LogP contribution in [0.2, 0.25) is 0 Å². The van der Waals surface area contributed by atoms with Crippen LogP contribution in [0.3, 0.4) is 0 Å². The lowest BCUT2D eigenvalue weighted by atomic mass is 10.3. The molecule has 2 aliphatic rings. The summed E-state index contributed by atoms with van der Waals surface area (Å²) in [6.45, 7) is 1.17.